The van der Waals surface area contributed by atoms with Crippen molar-refractivity contribution in [1.29, 1.82) is 0 Å². The summed E-state index contributed by atoms with van der Waals surface area (Å²) < 4.78 is 28.0. The number of methoxy groups -OCH3 is 1. The number of carbonyl (C=O) groups excluding carboxylic acids is 1. The third-order valence-corrected chi connectivity index (χ3v) is 6.64. The number of sulfonamides is 1. The number of carbonyl (C=O) groups is 1. The van der Waals surface area contributed by atoms with Gasteiger partial charge in [0, 0.05) is 11.6 Å². The summed E-state index contributed by atoms with van der Waals surface area (Å²) in [5.74, 6) is -0.240. The fourth-order valence-electron chi connectivity index (χ4n) is 3.04. The molecule has 3 N–H and O–H groups in total. The third kappa shape index (κ3) is 3.17. The van der Waals surface area contributed by atoms with Gasteiger partial charge in [0.2, 0.25) is 0 Å². The van der Waals surface area contributed by atoms with Gasteiger partial charge in [0.25, 0.3) is 15.9 Å². The number of rotatable bonds is 4. The number of primary sulfonamides is 1. The molecule has 24 heavy (non-hydrogen) atoms. The van der Waals surface area contributed by atoms with E-state index in [4.69, 9.17) is 9.88 Å². The smallest absolute Gasteiger partial charge is 0.261 e. The first-order valence-electron chi connectivity index (χ1n) is 7.32. The average Bonchev–Trinajstić information content (AvgIpc) is 3.06. The maximum absolute atomic E-state index is 12.6. The van der Waals surface area contributed by atoms with Gasteiger partial charge in [0.05, 0.1) is 12.0 Å². The molecule has 1 aromatic heterocycles. The van der Waals surface area contributed by atoms with Crippen LogP contribution < -0.4 is 15.2 Å². The van der Waals surface area contributed by atoms with Gasteiger partial charge in [-0.05, 0) is 30.9 Å². The third-order valence-electron chi connectivity index (χ3n) is 4.06. The molecule has 3 rings (SSSR count). The summed E-state index contributed by atoms with van der Waals surface area (Å²) in [6.07, 6.45) is 1.47. The Hall–Kier alpha value is -1.90. The molecule has 1 amide bonds. The van der Waals surface area contributed by atoms with E-state index in [1.807, 2.05) is 19.1 Å². The van der Waals surface area contributed by atoms with Gasteiger partial charge in [0.15, 0.2) is 9.96 Å². The van der Waals surface area contributed by atoms with Gasteiger partial charge in [0.1, 0.15) is 0 Å². The van der Waals surface area contributed by atoms with Crippen molar-refractivity contribution in [2.24, 2.45) is 5.14 Å². The molecule has 0 saturated carbocycles. The summed E-state index contributed by atoms with van der Waals surface area (Å²) in [6, 6.07) is 9.48. The van der Waals surface area contributed by atoms with Crippen molar-refractivity contribution in [1.82, 2.24) is 5.32 Å². The number of ether oxygens (including phenoxy) is 1. The molecule has 0 aliphatic heterocycles. The standard InChI is InChI=1S/C16H18N2O4S2/c1-16(8-10-5-3-4-6-11(10)9-16)18-14(19)13-7-12(22-2)15(23-13)24(17,20)21/h3-7H,8-9H2,1-2H3,(H,18,19)(H2,17,20,21). The number of hydrogen-bond acceptors (Lipinski definition) is 5. The Bertz CT molecular complexity index is 878. The van der Waals surface area contributed by atoms with Crippen LogP contribution in [0.5, 0.6) is 5.75 Å². The minimum atomic E-state index is -3.93. The monoisotopic (exact) mass is 366 g/mol. The summed E-state index contributed by atoms with van der Waals surface area (Å²) in [6.45, 7) is 1.98. The van der Waals surface area contributed by atoms with Gasteiger partial charge < -0.3 is 10.1 Å². The molecule has 1 aromatic carbocycles. The lowest BCUT2D eigenvalue weighted by molar-refractivity contribution is 0.0913. The summed E-state index contributed by atoms with van der Waals surface area (Å²) in [7, 11) is -2.59. The Balaban J connectivity index is 1.83. The van der Waals surface area contributed by atoms with Crippen LogP contribution in [-0.4, -0.2) is 27.0 Å². The molecule has 0 fully saturated rings. The van der Waals surface area contributed by atoms with Gasteiger partial charge in [-0.15, -0.1) is 11.3 Å². The van der Waals surface area contributed by atoms with Gasteiger partial charge >= 0.3 is 0 Å². The van der Waals surface area contributed by atoms with Crippen LogP contribution in [-0.2, 0) is 22.9 Å². The largest absolute Gasteiger partial charge is 0.494 e. The lowest BCUT2D eigenvalue weighted by Gasteiger charge is -2.25. The summed E-state index contributed by atoms with van der Waals surface area (Å²) in [5, 5.41) is 8.18. The van der Waals surface area contributed by atoms with E-state index in [1.54, 1.807) is 0 Å². The number of nitrogens with one attached hydrogen (secondary N) is 1. The summed E-state index contributed by atoms with van der Waals surface area (Å²) in [4.78, 5) is 12.8. The van der Waals surface area contributed by atoms with Crippen molar-refractivity contribution in [3.63, 3.8) is 0 Å². The molecule has 0 radical (unpaired) electrons. The van der Waals surface area contributed by atoms with Crippen LogP contribution in [0, 0.1) is 0 Å². The lowest BCUT2D eigenvalue weighted by atomic mass is 9.98. The molecule has 8 heteroatoms. The van der Waals surface area contributed by atoms with E-state index in [1.165, 1.54) is 24.3 Å². The van der Waals surface area contributed by atoms with E-state index >= 15 is 0 Å². The van der Waals surface area contributed by atoms with E-state index in [0.29, 0.717) is 0 Å². The molecule has 0 saturated heterocycles. The Morgan fingerprint density at radius 1 is 1.29 bits per heavy atom. The molecule has 2 aromatic rings. The van der Waals surface area contributed by atoms with Crippen molar-refractivity contribution in [2.75, 3.05) is 7.11 Å². The Morgan fingerprint density at radius 2 is 1.88 bits per heavy atom. The van der Waals surface area contributed by atoms with Crippen molar-refractivity contribution < 1.29 is 17.9 Å². The highest BCUT2D eigenvalue weighted by Crippen LogP contribution is 2.34. The highest BCUT2D eigenvalue weighted by atomic mass is 32.2. The van der Waals surface area contributed by atoms with Crippen LogP contribution in [0.4, 0.5) is 0 Å². The quantitative estimate of drug-likeness (QED) is 0.860. The van der Waals surface area contributed by atoms with Crippen LogP contribution in [0.1, 0.15) is 27.7 Å². The minimum absolute atomic E-state index is 0.0903. The van der Waals surface area contributed by atoms with Crippen molar-refractivity contribution in [2.45, 2.75) is 29.5 Å². The van der Waals surface area contributed by atoms with E-state index in [2.05, 4.69) is 17.4 Å². The second-order valence-electron chi connectivity index (χ2n) is 6.15. The van der Waals surface area contributed by atoms with Crippen LogP contribution in [0.2, 0.25) is 0 Å². The van der Waals surface area contributed by atoms with Crippen molar-refractivity contribution >= 4 is 27.3 Å². The maximum Gasteiger partial charge on any atom is 0.261 e. The van der Waals surface area contributed by atoms with E-state index in [-0.39, 0.29) is 20.7 Å². The molecule has 1 aliphatic carbocycles. The second kappa shape index (κ2) is 5.87. The molecule has 128 valence electrons. The zero-order chi connectivity index (χ0) is 17.5. The molecule has 1 heterocycles. The van der Waals surface area contributed by atoms with Gasteiger partial charge in [-0.1, -0.05) is 24.3 Å². The molecular weight excluding hydrogens is 348 g/mol. The van der Waals surface area contributed by atoms with E-state index in [9.17, 15) is 13.2 Å². The first-order chi connectivity index (χ1) is 11.2. The maximum atomic E-state index is 12.6. The fraction of sp³-hybridized carbons (Fsp3) is 0.312. The minimum Gasteiger partial charge on any atom is -0.494 e. The number of nitrogens with two attached hydrogens (primary N) is 1. The molecule has 0 bridgehead atoms. The molecule has 0 unspecified atom stereocenters. The molecular formula is C16H18N2O4S2. The predicted octanol–water partition coefficient (Wildman–Crippen LogP) is 1.69. The molecule has 0 spiro atoms. The molecule has 6 nitrogen and oxygen atoms in total. The van der Waals surface area contributed by atoms with Crippen LogP contribution in [0.3, 0.4) is 0 Å². The first kappa shape index (κ1) is 16.9. The number of amides is 1. The summed E-state index contributed by atoms with van der Waals surface area (Å²) in [5.41, 5.74) is 2.03. The topological polar surface area (TPSA) is 98.5 Å². The zero-order valence-electron chi connectivity index (χ0n) is 13.3. The van der Waals surface area contributed by atoms with Crippen LogP contribution in [0.25, 0.3) is 0 Å². The number of hydrogen-bond donors (Lipinski definition) is 2. The molecule has 1 aliphatic rings. The van der Waals surface area contributed by atoms with Crippen LogP contribution >= 0.6 is 11.3 Å². The van der Waals surface area contributed by atoms with E-state index in [0.717, 1.165) is 24.2 Å². The van der Waals surface area contributed by atoms with Crippen LogP contribution in [0.15, 0.2) is 34.5 Å². The first-order valence-corrected chi connectivity index (χ1v) is 9.68. The predicted molar refractivity (Wildman–Crippen MR) is 92.0 cm³/mol. The number of fused-ring (bicyclic) bond motifs is 1. The normalized spacial score (nSPS) is 15.8. The fourth-order valence-corrected chi connectivity index (χ4v) is 4.95. The second-order valence-corrected chi connectivity index (χ2v) is 8.96. The number of thiophene rings is 1. The van der Waals surface area contributed by atoms with Gasteiger partial charge in [-0.2, -0.15) is 0 Å². The SMILES string of the molecule is COc1cc(C(=O)NC2(C)Cc3ccccc3C2)sc1S(N)(=O)=O. The van der Waals surface area contributed by atoms with Gasteiger partial charge in [-0.25, -0.2) is 13.6 Å². The summed E-state index contributed by atoms with van der Waals surface area (Å²) >= 11 is 0.815. The number of benzene rings is 1. The highest BCUT2D eigenvalue weighted by molar-refractivity contribution is 7.91. The Kier molecular flexibility index (Phi) is 4.15. The van der Waals surface area contributed by atoms with Gasteiger partial charge in [-0.3, -0.25) is 4.79 Å². The average molecular weight is 366 g/mol. The highest BCUT2D eigenvalue weighted by Gasteiger charge is 2.35. The van der Waals surface area contributed by atoms with Crippen molar-refractivity contribution in [3.05, 3.63) is 46.3 Å². The lowest BCUT2D eigenvalue weighted by Crippen LogP contribution is -2.46. The van der Waals surface area contributed by atoms with Crippen molar-refractivity contribution in [3.8, 4) is 5.75 Å². The molecule has 0 atom stereocenters. The Labute approximate surface area is 144 Å². The Morgan fingerprint density at radius 3 is 2.33 bits per heavy atom. The van der Waals surface area contributed by atoms with E-state index < -0.39 is 15.6 Å². The zero-order valence-corrected chi connectivity index (χ0v) is 15.0.